The molecule has 2 rings (SSSR count). The smallest absolute Gasteiger partial charge is 0.356 e. The number of carboxylic acid groups (broad SMARTS) is 2. The van der Waals surface area contributed by atoms with Crippen LogP contribution in [0.15, 0.2) is 0 Å². The average molecular weight is 224 g/mol. The van der Waals surface area contributed by atoms with Gasteiger partial charge in [-0.1, -0.05) is 0 Å². The second-order valence-electron chi connectivity index (χ2n) is 3.88. The van der Waals surface area contributed by atoms with Crippen LogP contribution in [-0.2, 0) is 11.3 Å². The molecule has 0 aliphatic carbocycles. The number of aliphatic carboxylic acids is 1. The molecule has 0 saturated heterocycles. The van der Waals surface area contributed by atoms with Crippen LogP contribution in [0.5, 0.6) is 0 Å². The van der Waals surface area contributed by atoms with Gasteiger partial charge in [0.05, 0.1) is 11.6 Å². The summed E-state index contributed by atoms with van der Waals surface area (Å²) in [4.78, 5) is 26.0. The molecule has 0 saturated carbocycles. The van der Waals surface area contributed by atoms with Gasteiger partial charge in [0.1, 0.15) is 5.82 Å². The third kappa shape index (κ3) is 1.46. The number of carbonyl (C=O) groups is 2. The quantitative estimate of drug-likeness (QED) is 0.776. The fourth-order valence-corrected chi connectivity index (χ4v) is 2.21. The van der Waals surface area contributed by atoms with Gasteiger partial charge in [0, 0.05) is 6.54 Å². The largest absolute Gasteiger partial charge is 0.481 e. The van der Waals surface area contributed by atoms with Crippen molar-refractivity contribution < 1.29 is 19.8 Å². The molecule has 0 radical (unpaired) electrons. The maximum atomic E-state index is 11.1. The van der Waals surface area contributed by atoms with Gasteiger partial charge in [-0.3, -0.25) is 4.79 Å². The van der Waals surface area contributed by atoms with Crippen molar-refractivity contribution >= 4 is 11.9 Å². The Morgan fingerprint density at radius 1 is 1.44 bits per heavy atom. The van der Waals surface area contributed by atoms with Crippen LogP contribution in [0.1, 0.15) is 40.8 Å². The number of carboxylic acids is 2. The molecule has 0 amide bonds. The zero-order chi connectivity index (χ0) is 11.9. The Hall–Kier alpha value is -1.85. The topological polar surface area (TPSA) is 92.4 Å². The summed E-state index contributed by atoms with van der Waals surface area (Å²) in [6.45, 7) is 2.34. The van der Waals surface area contributed by atoms with E-state index in [1.165, 1.54) is 0 Å². The van der Waals surface area contributed by atoms with Gasteiger partial charge in [-0.05, 0) is 19.8 Å². The number of fused-ring (bicyclic) bond motifs is 1. The lowest BCUT2D eigenvalue weighted by Crippen LogP contribution is -2.24. The van der Waals surface area contributed by atoms with Crippen molar-refractivity contribution in [1.29, 1.82) is 0 Å². The summed E-state index contributed by atoms with van der Waals surface area (Å²) in [6, 6.07) is 0. The molecular weight excluding hydrogens is 212 g/mol. The van der Waals surface area contributed by atoms with Crippen molar-refractivity contribution in [2.24, 2.45) is 0 Å². The molecular formula is C10H12N2O4. The number of aromatic carboxylic acids is 1. The van der Waals surface area contributed by atoms with E-state index < -0.39 is 17.9 Å². The maximum absolute atomic E-state index is 11.1. The highest BCUT2D eigenvalue weighted by molar-refractivity contribution is 5.89. The molecule has 0 bridgehead atoms. The zero-order valence-corrected chi connectivity index (χ0v) is 8.80. The fraction of sp³-hybridized carbons (Fsp3) is 0.500. The molecule has 6 heteroatoms. The molecule has 2 heterocycles. The third-order valence-electron chi connectivity index (χ3n) is 2.90. The SMILES string of the molecule is Cc1nc(C(=O)O)c2n1CCCC2C(=O)O. The Morgan fingerprint density at radius 2 is 2.12 bits per heavy atom. The summed E-state index contributed by atoms with van der Waals surface area (Å²) in [5, 5.41) is 18.1. The standard InChI is InChI=1S/C10H12N2O4/c1-5-11-7(10(15)16)8-6(9(13)14)3-2-4-12(5)8/h6H,2-4H2,1H3,(H,13,14)(H,15,16). The van der Waals surface area contributed by atoms with Crippen molar-refractivity contribution in [2.75, 3.05) is 0 Å². The molecule has 1 aliphatic heterocycles. The molecule has 0 fully saturated rings. The molecule has 86 valence electrons. The van der Waals surface area contributed by atoms with Crippen molar-refractivity contribution in [3.8, 4) is 0 Å². The van der Waals surface area contributed by atoms with Crippen LogP contribution in [0, 0.1) is 6.92 Å². The highest BCUT2D eigenvalue weighted by atomic mass is 16.4. The summed E-state index contributed by atoms with van der Waals surface area (Å²) in [6.07, 6.45) is 1.21. The van der Waals surface area contributed by atoms with Crippen molar-refractivity contribution in [1.82, 2.24) is 9.55 Å². The van der Waals surface area contributed by atoms with E-state index in [2.05, 4.69) is 4.98 Å². The lowest BCUT2D eigenvalue weighted by Gasteiger charge is -2.22. The fourth-order valence-electron chi connectivity index (χ4n) is 2.21. The molecule has 6 nitrogen and oxygen atoms in total. The van der Waals surface area contributed by atoms with E-state index in [9.17, 15) is 9.59 Å². The lowest BCUT2D eigenvalue weighted by atomic mass is 9.94. The Morgan fingerprint density at radius 3 is 2.69 bits per heavy atom. The molecule has 0 aromatic carbocycles. The molecule has 1 aliphatic rings. The van der Waals surface area contributed by atoms with E-state index in [1.807, 2.05) is 0 Å². The van der Waals surface area contributed by atoms with Gasteiger partial charge in [-0.15, -0.1) is 0 Å². The average Bonchev–Trinajstić information content (AvgIpc) is 2.56. The van der Waals surface area contributed by atoms with Gasteiger partial charge >= 0.3 is 11.9 Å². The maximum Gasteiger partial charge on any atom is 0.356 e. The van der Waals surface area contributed by atoms with Crippen LogP contribution in [0.25, 0.3) is 0 Å². The van der Waals surface area contributed by atoms with E-state index in [0.29, 0.717) is 24.5 Å². The minimum atomic E-state index is -1.16. The number of aromatic nitrogens is 2. The van der Waals surface area contributed by atoms with Gasteiger partial charge in [-0.2, -0.15) is 0 Å². The molecule has 0 spiro atoms. The van der Waals surface area contributed by atoms with Gasteiger partial charge in [0.25, 0.3) is 0 Å². The predicted molar refractivity (Wildman–Crippen MR) is 53.5 cm³/mol. The molecule has 16 heavy (non-hydrogen) atoms. The summed E-state index contributed by atoms with van der Waals surface area (Å²) < 4.78 is 1.70. The first-order valence-corrected chi connectivity index (χ1v) is 5.05. The van der Waals surface area contributed by atoms with Crippen LogP contribution >= 0.6 is 0 Å². The predicted octanol–water partition coefficient (Wildman–Crippen LogP) is 0.852. The summed E-state index contributed by atoms with van der Waals surface area (Å²) in [7, 11) is 0. The molecule has 1 unspecified atom stereocenters. The third-order valence-corrected chi connectivity index (χ3v) is 2.90. The van der Waals surface area contributed by atoms with Crippen LogP contribution in [-0.4, -0.2) is 31.7 Å². The zero-order valence-electron chi connectivity index (χ0n) is 8.80. The van der Waals surface area contributed by atoms with Crippen molar-refractivity contribution in [2.45, 2.75) is 32.2 Å². The Bertz CT molecular complexity index is 464. The minimum Gasteiger partial charge on any atom is -0.481 e. The summed E-state index contributed by atoms with van der Waals surface area (Å²) in [5.74, 6) is -2.33. The normalized spacial score (nSPS) is 19.2. The number of hydrogen-bond donors (Lipinski definition) is 2. The van der Waals surface area contributed by atoms with Crippen LogP contribution in [0.4, 0.5) is 0 Å². The molecule has 1 aromatic heterocycles. The van der Waals surface area contributed by atoms with E-state index in [0.717, 1.165) is 6.42 Å². The van der Waals surface area contributed by atoms with E-state index in [1.54, 1.807) is 11.5 Å². The molecule has 2 N–H and O–H groups in total. The Labute approximate surface area is 91.5 Å². The lowest BCUT2D eigenvalue weighted by molar-refractivity contribution is -0.139. The summed E-state index contributed by atoms with van der Waals surface area (Å²) >= 11 is 0. The van der Waals surface area contributed by atoms with Crippen molar-refractivity contribution in [3.63, 3.8) is 0 Å². The van der Waals surface area contributed by atoms with E-state index >= 15 is 0 Å². The first-order chi connectivity index (χ1) is 7.52. The van der Waals surface area contributed by atoms with Gasteiger partial charge < -0.3 is 14.8 Å². The monoisotopic (exact) mass is 224 g/mol. The van der Waals surface area contributed by atoms with Gasteiger partial charge in [-0.25, -0.2) is 9.78 Å². The van der Waals surface area contributed by atoms with Crippen LogP contribution in [0.3, 0.4) is 0 Å². The van der Waals surface area contributed by atoms with E-state index in [-0.39, 0.29) is 5.69 Å². The van der Waals surface area contributed by atoms with Gasteiger partial charge in [0.2, 0.25) is 0 Å². The Kier molecular flexibility index (Phi) is 2.41. The van der Waals surface area contributed by atoms with Crippen LogP contribution in [0.2, 0.25) is 0 Å². The second-order valence-corrected chi connectivity index (χ2v) is 3.88. The summed E-state index contributed by atoms with van der Waals surface area (Å²) in [5.41, 5.74) is 0.216. The second kappa shape index (κ2) is 3.62. The van der Waals surface area contributed by atoms with Crippen molar-refractivity contribution in [3.05, 3.63) is 17.2 Å². The highest BCUT2D eigenvalue weighted by Crippen LogP contribution is 2.31. The highest BCUT2D eigenvalue weighted by Gasteiger charge is 2.33. The van der Waals surface area contributed by atoms with Crippen LogP contribution < -0.4 is 0 Å². The molecule has 1 aromatic rings. The van der Waals surface area contributed by atoms with E-state index in [4.69, 9.17) is 10.2 Å². The minimum absolute atomic E-state index is 0.121. The number of imidazole rings is 1. The first-order valence-electron chi connectivity index (χ1n) is 5.05. The molecule has 1 atom stereocenters. The first kappa shape index (κ1) is 10.7. The number of aryl methyl sites for hydroxylation is 1. The Balaban J connectivity index is 2.60. The number of rotatable bonds is 2. The number of nitrogens with zero attached hydrogens (tertiary/aromatic N) is 2. The van der Waals surface area contributed by atoms with Gasteiger partial charge in [0.15, 0.2) is 5.69 Å². The number of hydrogen-bond acceptors (Lipinski definition) is 3.